The van der Waals surface area contributed by atoms with Crippen LogP contribution in [0.1, 0.15) is 32.6 Å². The van der Waals surface area contributed by atoms with E-state index in [9.17, 15) is 0 Å². The van der Waals surface area contributed by atoms with Gasteiger partial charge in [0.25, 0.3) is 0 Å². The van der Waals surface area contributed by atoms with Gasteiger partial charge in [-0.2, -0.15) is 0 Å². The largest absolute Gasteiger partial charge is 0.355 e. The lowest BCUT2D eigenvalue weighted by atomic mass is 10.2. The Morgan fingerprint density at radius 3 is 2.45 bits per heavy atom. The highest BCUT2D eigenvalue weighted by atomic mass is 17.2. The maximum Gasteiger partial charge on any atom is 0.180 e. The van der Waals surface area contributed by atoms with Gasteiger partial charge in [-0.1, -0.05) is 26.2 Å². The van der Waals surface area contributed by atoms with Crippen LogP contribution in [0.2, 0.25) is 0 Å². The zero-order chi connectivity index (χ0) is 8.36. The van der Waals surface area contributed by atoms with Crippen LogP contribution >= 0.6 is 0 Å². The Labute approximate surface area is 68.6 Å². The maximum absolute atomic E-state index is 4.80. The summed E-state index contributed by atoms with van der Waals surface area (Å²) in [6.45, 7) is 3.07. The van der Waals surface area contributed by atoms with E-state index >= 15 is 0 Å². The van der Waals surface area contributed by atoms with Gasteiger partial charge in [-0.05, 0) is 6.42 Å². The van der Waals surface area contributed by atoms with Gasteiger partial charge >= 0.3 is 0 Å². The van der Waals surface area contributed by atoms with Gasteiger partial charge in [0.2, 0.25) is 0 Å². The summed E-state index contributed by atoms with van der Waals surface area (Å²) in [4.78, 5) is 9.44. The first-order valence-electron chi connectivity index (χ1n) is 4.15. The molecule has 0 heterocycles. The molecule has 0 radical (unpaired) electrons. The van der Waals surface area contributed by atoms with Crippen molar-refractivity contribution >= 4 is 0 Å². The third-order valence-corrected chi connectivity index (χ3v) is 1.33. The highest BCUT2D eigenvalue weighted by molar-refractivity contribution is 4.36. The van der Waals surface area contributed by atoms with Crippen LogP contribution in [-0.2, 0) is 14.5 Å². The molecule has 0 aromatic rings. The lowest BCUT2D eigenvalue weighted by Crippen LogP contribution is -1.99. The third-order valence-electron chi connectivity index (χ3n) is 1.33. The van der Waals surface area contributed by atoms with Gasteiger partial charge in [0.1, 0.15) is 0 Å². The van der Waals surface area contributed by atoms with Gasteiger partial charge < -0.3 is 4.74 Å². The van der Waals surface area contributed by atoms with E-state index in [-0.39, 0.29) is 6.79 Å². The zero-order valence-corrected chi connectivity index (χ0v) is 7.47. The summed E-state index contributed by atoms with van der Waals surface area (Å²) >= 11 is 0. The van der Waals surface area contributed by atoms with Crippen LogP contribution < -0.4 is 0 Å². The molecule has 0 saturated carbocycles. The Morgan fingerprint density at radius 2 is 1.82 bits per heavy atom. The molecule has 0 aliphatic rings. The van der Waals surface area contributed by atoms with Crippen molar-refractivity contribution in [1.29, 1.82) is 0 Å². The Balaban J connectivity index is 2.69. The van der Waals surface area contributed by atoms with Crippen LogP contribution in [-0.4, -0.2) is 20.5 Å². The van der Waals surface area contributed by atoms with E-state index in [1.54, 1.807) is 7.11 Å². The molecule has 3 heteroatoms. The standard InChI is InChI=1S/C8H18O3/c1-3-4-5-6-7-10-11-8-9-2/h3-8H2,1-2H3. The molecule has 0 bridgehead atoms. The molecule has 0 aliphatic carbocycles. The normalized spacial score (nSPS) is 10.4. The van der Waals surface area contributed by atoms with Crippen molar-refractivity contribution in [3.8, 4) is 0 Å². The van der Waals surface area contributed by atoms with Crippen LogP contribution in [0.15, 0.2) is 0 Å². The first-order valence-corrected chi connectivity index (χ1v) is 4.15. The fourth-order valence-electron chi connectivity index (χ4n) is 0.729. The summed E-state index contributed by atoms with van der Waals surface area (Å²) in [5.74, 6) is 0. The molecule has 0 aromatic heterocycles. The number of ether oxygens (including phenoxy) is 1. The summed E-state index contributed by atoms with van der Waals surface area (Å²) in [5, 5.41) is 0. The van der Waals surface area contributed by atoms with Crippen molar-refractivity contribution in [2.24, 2.45) is 0 Å². The summed E-state index contributed by atoms with van der Waals surface area (Å²) in [7, 11) is 1.57. The lowest BCUT2D eigenvalue weighted by molar-refractivity contribution is -0.332. The Kier molecular flexibility index (Phi) is 9.77. The minimum Gasteiger partial charge on any atom is -0.355 e. The van der Waals surface area contributed by atoms with Crippen LogP contribution in [0, 0.1) is 0 Å². The van der Waals surface area contributed by atoms with Crippen molar-refractivity contribution in [1.82, 2.24) is 0 Å². The molecule has 0 fully saturated rings. The minimum atomic E-state index is 0.216. The minimum absolute atomic E-state index is 0.216. The van der Waals surface area contributed by atoms with Gasteiger partial charge in [0.15, 0.2) is 6.79 Å². The molecular weight excluding hydrogens is 144 g/mol. The van der Waals surface area contributed by atoms with Crippen molar-refractivity contribution < 1.29 is 14.5 Å². The summed E-state index contributed by atoms with van der Waals surface area (Å²) in [6.07, 6.45) is 4.80. The molecule has 0 aromatic carbocycles. The number of hydrogen-bond donors (Lipinski definition) is 0. The van der Waals surface area contributed by atoms with Gasteiger partial charge in [0, 0.05) is 7.11 Å². The van der Waals surface area contributed by atoms with E-state index in [1.165, 1.54) is 19.3 Å². The van der Waals surface area contributed by atoms with Crippen LogP contribution in [0.25, 0.3) is 0 Å². The molecule has 68 valence electrons. The SMILES string of the molecule is CCCCCCOOCOC. The van der Waals surface area contributed by atoms with Gasteiger partial charge in [0.05, 0.1) is 6.61 Å². The average molecular weight is 162 g/mol. The number of hydrogen-bond acceptors (Lipinski definition) is 3. The topological polar surface area (TPSA) is 27.7 Å². The highest BCUT2D eigenvalue weighted by Crippen LogP contribution is 1.98. The first kappa shape index (κ1) is 10.9. The third kappa shape index (κ3) is 9.88. The summed E-state index contributed by atoms with van der Waals surface area (Å²) in [5.41, 5.74) is 0. The molecule has 0 saturated heterocycles. The molecule has 0 N–H and O–H groups in total. The zero-order valence-electron chi connectivity index (χ0n) is 7.47. The number of unbranched alkanes of at least 4 members (excludes halogenated alkanes) is 3. The molecule has 0 amide bonds. The molecule has 11 heavy (non-hydrogen) atoms. The maximum atomic E-state index is 4.80. The second kappa shape index (κ2) is 9.88. The second-order valence-electron chi connectivity index (χ2n) is 2.41. The van der Waals surface area contributed by atoms with Gasteiger partial charge in [-0.15, -0.1) is 0 Å². The quantitative estimate of drug-likeness (QED) is 0.237. The van der Waals surface area contributed by atoms with E-state index in [1.807, 2.05) is 0 Å². The van der Waals surface area contributed by atoms with Crippen molar-refractivity contribution in [2.75, 3.05) is 20.5 Å². The molecule has 0 rings (SSSR count). The molecule has 0 unspecified atom stereocenters. The summed E-state index contributed by atoms with van der Waals surface area (Å²) in [6, 6.07) is 0. The van der Waals surface area contributed by atoms with Gasteiger partial charge in [-0.25, -0.2) is 9.78 Å². The molecule has 0 atom stereocenters. The van der Waals surface area contributed by atoms with Crippen molar-refractivity contribution in [3.63, 3.8) is 0 Å². The predicted octanol–water partition coefficient (Wildman–Crippen LogP) is 2.12. The van der Waals surface area contributed by atoms with Crippen molar-refractivity contribution in [2.45, 2.75) is 32.6 Å². The fraction of sp³-hybridized carbons (Fsp3) is 1.00. The summed E-state index contributed by atoms with van der Waals surface area (Å²) < 4.78 is 4.62. The number of rotatable bonds is 8. The molecule has 0 spiro atoms. The van der Waals surface area contributed by atoms with E-state index in [4.69, 9.17) is 4.89 Å². The second-order valence-corrected chi connectivity index (χ2v) is 2.41. The monoisotopic (exact) mass is 162 g/mol. The van der Waals surface area contributed by atoms with Crippen molar-refractivity contribution in [3.05, 3.63) is 0 Å². The number of methoxy groups -OCH3 is 1. The Morgan fingerprint density at radius 1 is 1.00 bits per heavy atom. The fourth-order valence-corrected chi connectivity index (χ4v) is 0.729. The van der Waals surface area contributed by atoms with Gasteiger partial charge in [-0.3, -0.25) is 0 Å². The lowest BCUT2D eigenvalue weighted by Gasteiger charge is -2.01. The van der Waals surface area contributed by atoms with Crippen LogP contribution in [0.5, 0.6) is 0 Å². The van der Waals surface area contributed by atoms with E-state index in [0.717, 1.165) is 6.42 Å². The Bertz CT molecular complexity index is 58.4. The first-order chi connectivity index (χ1) is 5.41. The molecular formula is C8H18O3. The van der Waals surface area contributed by atoms with Crippen LogP contribution in [0.4, 0.5) is 0 Å². The van der Waals surface area contributed by atoms with Crippen LogP contribution in [0.3, 0.4) is 0 Å². The van der Waals surface area contributed by atoms with E-state index in [2.05, 4.69) is 16.5 Å². The predicted molar refractivity (Wildman–Crippen MR) is 43.1 cm³/mol. The van der Waals surface area contributed by atoms with E-state index < -0.39 is 0 Å². The molecule has 0 aliphatic heterocycles. The smallest absolute Gasteiger partial charge is 0.180 e. The average Bonchev–Trinajstić information content (AvgIpc) is 2.03. The molecule has 3 nitrogen and oxygen atoms in total. The Hall–Kier alpha value is -0.120. The van der Waals surface area contributed by atoms with E-state index in [0.29, 0.717) is 6.61 Å². The highest BCUT2D eigenvalue weighted by Gasteiger charge is 1.88.